The average molecular weight is 252 g/mol. The number of nitrogens with zero attached hydrogens (tertiary/aromatic N) is 1. The van der Waals surface area contributed by atoms with Crippen molar-refractivity contribution in [3.63, 3.8) is 0 Å². The molecule has 0 unspecified atom stereocenters. The first-order valence-corrected chi connectivity index (χ1v) is 5.10. The van der Waals surface area contributed by atoms with Gasteiger partial charge in [0, 0.05) is 23.5 Å². The second kappa shape index (κ2) is 4.51. The standard InChI is InChI=1S/C12H7ClFNO2/c13-10-3-1-2-9(11(10)14)7-4-8(12(16)17)6-15-5-7/h1-6H,(H,16,17). The smallest absolute Gasteiger partial charge is 0.337 e. The topological polar surface area (TPSA) is 50.2 Å². The Hall–Kier alpha value is -1.94. The first kappa shape index (κ1) is 11.5. The molecule has 0 aliphatic carbocycles. The summed E-state index contributed by atoms with van der Waals surface area (Å²) in [6.07, 6.45) is 2.59. The summed E-state index contributed by atoms with van der Waals surface area (Å²) < 4.78 is 13.7. The van der Waals surface area contributed by atoms with Crippen molar-refractivity contribution in [1.29, 1.82) is 0 Å². The highest BCUT2D eigenvalue weighted by molar-refractivity contribution is 6.31. The van der Waals surface area contributed by atoms with Crippen LogP contribution in [0.15, 0.2) is 36.7 Å². The molecule has 0 spiro atoms. The SMILES string of the molecule is O=C(O)c1cncc(-c2cccc(Cl)c2F)c1. The van der Waals surface area contributed by atoms with E-state index >= 15 is 0 Å². The van der Waals surface area contributed by atoms with Crippen molar-refractivity contribution in [2.24, 2.45) is 0 Å². The molecule has 0 saturated heterocycles. The number of aromatic carboxylic acids is 1. The number of benzene rings is 1. The Morgan fingerprint density at radius 3 is 2.82 bits per heavy atom. The number of rotatable bonds is 2. The highest BCUT2D eigenvalue weighted by Gasteiger charge is 2.11. The van der Waals surface area contributed by atoms with Gasteiger partial charge < -0.3 is 5.11 Å². The third-order valence-electron chi connectivity index (χ3n) is 2.25. The molecular formula is C12H7ClFNO2. The minimum absolute atomic E-state index is 0.00174. The molecule has 0 atom stereocenters. The van der Waals surface area contributed by atoms with Crippen LogP contribution in [0.4, 0.5) is 4.39 Å². The normalized spacial score (nSPS) is 10.2. The molecule has 0 radical (unpaired) electrons. The van der Waals surface area contributed by atoms with Crippen LogP contribution >= 0.6 is 11.6 Å². The summed E-state index contributed by atoms with van der Waals surface area (Å²) in [5, 5.41) is 8.81. The molecule has 1 aromatic carbocycles. The maximum absolute atomic E-state index is 13.7. The van der Waals surface area contributed by atoms with E-state index in [1.54, 1.807) is 6.07 Å². The molecule has 1 aromatic heterocycles. The number of pyridine rings is 1. The van der Waals surface area contributed by atoms with Crippen LogP contribution in [0.2, 0.25) is 5.02 Å². The molecule has 0 aliphatic rings. The predicted octanol–water partition coefficient (Wildman–Crippen LogP) is 3.24. The van der Waals surface area contributed by atoms with Crippen molar-refractivity contribution in [3.8, 4) is 11.1 Å². The van der Waals surface area contributed by atoms with Gasteiger partial charge in [0.15, 0.2) is 0 Å². The number of carbonyl (C=O) groups is 1. The lowest BCUT2D eigenvalue weighted by atomic mass is 10.1. The number of hydrogen-bond donors (Lipinski definition) is 1. The Balaban J connectivity index is 2.57. The fourth-order valence-corrected chi connectivity index (χ4v) is 1.61. The highest BCUT2D eigenvalue weighted by Crippen LogP contribution is 2.27. The van der Waals surface area contributed by atoms with Crippen LogP contribution in [0, 0.1) is 5.82 Å². The molecule has 0 saturated carbocycles. The van der Waals surface area contributed by atoms with Crippen molar-refractivity contribution in [2.75, 3.05) is 0 Å². The van der Waals surface area contributed by atoms with Crippen molar-refractivity contribution in [1.82, 2.24) is 4.98 Å². The largest absolute Gasteiger partial charge is 0.478 e. The lowest BCUT2D eigenvalue weighted by molar-refractivity contribution is 0.0696. The fourth-order valence-electron chi connectivity index (χ4n) is 1.43. The van der Waals surface area contributed by atoms with Gasteiger partial charge in [0.05, 0.1) is 10.6 Å². The van der Waals surface area contributed by atoms with Gasteiger partial charge in [0.2, 0.25) is 0 Å². The number of carboxylic acid groups (broad SMARTS) is 1. The lowest BCUT2D eigenvalue weighted by Gasteiger charge is -2.05. The molecular weight excluding hydrogens is 245 g/mol. The molecule has 2 aromatic rings. The molecule has 3 nitrogen and oxygen atoms in total. The van der Waals surface area contributed by atoms with Gasteiger partial charge in [-0.3, -0.25) is 4.98 Å². The van der Waals surface area contributed by atoms with Crippen molar-refractivity contribution in [3.05, 3.63) is 53.1 Å². The molecule has 86 valence electrons. The van der Waals surface area contributed by atoms with Crippen LogP contribution in [-0.2, 0) is 0 Å². The zero-order valence-corrected chi connectivity index (χ0v) is 9.28. The van der Waals surface area contributed by atoms with Gasteiger partial charge in [-0.05, 0) is 12.1 Å². The quantitative estimate of drug-likeness (QED) is 0.891. The van der Waals surface area contributed by atoms with E-state index in [-0.39, 0.29) is 16.1 Å². The lowest BCUT2D eigenvalue weighted by Crippen LogP contribution is -1.97. The monoisotopic (exact) mass is 251 g/mol. The van der Waals surface area contributed by atoms with Gasteiger partial charge in [-0.1, -0.05) is 23.7 Å². The van der Waals surface area contributed by atoms with Crippen molar-refractivity contribution in [2.45, 2.75) is 0 Å². The Kier molecular flexibility index (Phi) is 3.06. The van der Waals surface area contributed by atoms with Gasteiger partial charge in [-0.15, -0.1) is 0 Å². The molecule has 1 heterocycles. The Morgan fingerprint density at radius 2 is 2.12 bits per heavy atom. The van der Waals surface area contributed by atoms with Crippen LogP contribution in [0.5, 0.6) is 0 Å². The van der Waals surface area contributed by atoms with Gasteiger partial charge in [0.1, 0.15) is 5.82 Å². The summed E-state index contributed by atoms with van der Waals surface area (Å²) in [7, 11) is 0. The van der Waals surface area contributed by atoms with Crippen LogP contribution in [-0.4, -0.2) is 16.1 Å². The molecule has 1 N–H and O–H groups in total. The van der Waals surface area contributed by atoms with E-state index in [1.165, 1.54) is 30.6 Å². The van der Waals surface area contributed by atoms with E-state index in [0.29, 0.717) is 5.56 Å². The average Bonchev–Trinajstić information content (AvgIpc) is 2.33. The van der Waals surface area contributed by atoms with Crippen molar-refractivity contribution < 1.29 is 14.3 Å². The fraction of sp³-hybridized carbons (Fsp3) is 0. The summed E-state index contributed by atoms with van der Waals surface area (Å²) in [6, 6.07) is 5.89. The summed E-state index contributed by atoms with van der Waals surface area (Å²) in [6.45, 7) is 0. The molecule has 5 heteroatoms. The van der Waals surface area contributed by atoms with E-state index in [2.05, 4.69) is 4.98 Å². The van der Waals surface area contributed by atoms with Gasteiger partial charge in [-0.25, -0.2) is 9.18 Å². The Bertz CT molecular complexity index is 586. The van der Waals surface area contributed by atoms with E-state index in [0.717, 1.165) is 0 Å². The molecule has 0 amide bonds. The number of carboxylic acids is 1. The third kappa shape index (κ3) is 2.26. The van der Waals surface area contributed by atoms with Crippen LogP contribution in [0.1, 0.15) is 10.4 Å². The summed E-state index contributed by atoms with van der Waals surface area (Å²) in [5.74, 6) is -1.69. The van der Waals surface area contributed by atoms with E-state index in [9.17, 15) is 9.18 Å². The number of hydrogen-bond acceptors (Lipinski definition) is 2. The zero-order chi connectivity index (χ0) is 12.4. The van der Waals surface area contributed by atoms with E-state index in [4.69, 9.17) is 16.7 Å². The molecule has 0 bridgehead atoms. The van der Waals surface area contributed by atoms with Gasteiger partial charge in [0.25, 0.3) is 0 Å². The second-order valence-electron chi connectivity index (χ2n) is 3.37. The Morgan fingerprint density at radius 1 is 1.35 bits per heavy atom. The maximum Gasteiger partial charge on any atom is 0.337 e. The Labute approximate surface area is 101 Å². The zero-order valence-electron chi connectivity index (χ0n) is 8.52. The first-order valence-electron chi connectivity index (χ1n) is 4.72. The minimum atomic E-state index is -1.11. The van der Waals surface area contributed by atoms with Gasteiger partial charge >= 0.3 is 5.97 Å². The van der Waals surface area contributed by atoms with Gasteiger partial charge in [-0.2, -0.15) is 0 Å². The summed E-state index contributed by atoms with van der Waals surface area (Å²) in [5.41, 5.74) is 0.611. The number of halogens is 2. The predicted molar refractivity (Wildman–Crippen MR) is 61.6 cm³/mol. The molecule has 0 fully saturated rings. The molecule has 17 heavy (non-hydrogen) atoms. The van der Waals surface area contributed by atoms with Crippen LogP contribution in [0.3, 0.4) is 0 Å². The van der Waals surface area contributed by atoms with E-state index in [1.807, 2.05) is 0 Å². The minimum Gasteiger partial charge on any atom is -0.478 e. The van der Waals surface area contributed by atoms with E-state index < -0.39 is 11.8 Å². The maximum atomic E-state index is 13.7. The van der Waals surface area contributed by atoms with Crippen LogP contribution < -0.4 is 0 Å². The molecule has 0 aliphatic heterocycles. The van der Waals surface area contributed by atoms with Crippen molar-refractivity contribution >= 4 is 17.6 Å². The summed E-state index contributed by atoms with van der Waals surface area (Å²) >= 11 is 5.65. The number of aromatic nitrogens is 1. The summed E-state index contributed by atoms with van der Waals surface area (Å²) in [4.78, 5) is 14.5. The highest BCUT2D eigenvalue weighted by atomic mass is 35.5. The second-order valence-corrected chi connectivity index (χ2v) is 3.78. The first-order chi connectivity index (χ1) is 8.09. The molecule has 2 rings (SSSR count). The van der Waals surface area contributed by atoms with Crippen LogP contribution in [0.25, 0.3) is 11.1 Å². The third-order valence-corrected chi connectivity index (χ3v) is 2.54.